The Morgan fingerprint density at radius 2 is 2.42 bits per heavy atom. The van der Waals surface area contributed by atoms with Crippen molar-refractivity contribution < 1.29 is 0 Å². The van der Waals surface area contributed by atoms with E-state index in [1.54, 1.807) is 0 Å². The highest BCUT2D eigenvalue weighted by Crippen LogP contribution is 2.25. The molecule has 0 fully saturated rings. The number of fused-ring (bicyclic) bond motifs is 1. The number of hydrogen-bond donors (Lipinski definition) is 1. The van der Waals surface area contributed by atoms with Crippen LogP contribution in [0.1, 0.15) is 36.0 Å². The van der Waals surface area contributed by atoms with Gasteiger partial charge in [0, 0.05) is 12.2 Å². The van der Waals surface area contributed by atoms with Crippen LogP contribution in [0, 0.1) is 6.92 Å². The van der Waals surface area contributed by atoms with Crippen molar-refractivity contribution in [1.29, 1.82) is 0 Å². The van der Waals surface area contributed by atoms with Gasteiger partial charge >= 0.3 is 0 Å². The summed E-state index contributed by atoms with van der Waals surface area (Å²) < 4.78 is 0. The van der Waals surface area contributed by atoms with Gasteiger partial charge in [0.1, 0.15) is 5.82 Å². The molecular weight excluding hydrogens is 150 g/mol. The zero-order valence-corrected chi connectivity index (χ0v) is 7.25. The van der Waals surface area contributed by atoms with Gasteiger partial charge in [-0.3, -0.25) is 0 Å². The van der Waals surface area contributed by atoms with Crippen molar-refractivity contribution in [3.05, 3.63) is 23.3 Å². The number of rotatable bonds is 0. The van der Waals surface area contributed by atoms with Crippen LogP contribution in [0.15, 0.2) is 6.20 Å². The fraction of sp³-hybridized carbons (Fsp3) is 0.556. The third-order valence-corrected chi connectivity index (χ3v) is 2.33. The Kier molecular flexibility index (Phi) is 1.81. The molecule has 64 valence electrons. The average molecular weight is 163 g/mol. The third-order valence-electron chi connectivity index (χ3n) is 2.33. The molecule has 0 radical (unpaired) electrons. The van der Waals surface area contributed by atoms with Gasteiger partial charge < -0.3 is 5.73 Å². The topological polar surface area (TPSA) is 51.8 Å². The minimum absolute atomic E-state index is 0.135. The molecule has 0 aliphatic heterocycles. The van der Waals surface area contributed by atoms with E-state index in [1.165, 1.54) is 12.0 Å². The molecule has 1 aliphatic rings. The molecule has 0 spiro atoms. The van der Waals surface area contributed by atoms with Crippen LogP contribution in [0.5, 0.6) is 0 Å². The Labute approximate surface area is 72.0 Å². The highest BCUT2D eigenvalue weighted by atomic mass is 14.9. The number of aromatic nitrogens is 2. The lowest BCUT2D eigenvalue weighted by Gasteiger charge is -2.20. The summed E-state index contributed by atoms with van der Waals surface area (Å²) in [6.45, 7) is 1.90. The maximum Gasteiger partial charge on any atom is 0.125 e. The zero-order chi connectivity index (χ0) is 8.55. The van der Waals surface area contributed by atoms with Gasteiger partial charge in [-0.1, -0.05) is 0 Å². The molecule has 1 unspecified atom stereocenters. The summed E-state index contributed by atoms with van der Waals surface area (Å²) in [6, 6.07) is 0.135. The maximum atomic E-state index is 5.92. The van der Waals surface area contributed by atoms with Gasteiger partial charge in [0.05, 0.1) is 5.69 Å². The second-order valence-electron chi connectivity index (χ2n) is 3.33. The summed E-state index contributed by atoms with van der Waals surface area (Å²) in [6.07, 6.45) is 5.23. The molecule has 1 aliphatic carbocycles. The first kappa shape index (κ1) is 7.68. The zero-order valence-electron chi connectivity index (χ0n) is 7.25. The Morgan fingerprint density at radius 3 is 3.25 bits per heavy atom. The van der Waals surface area contributed by atoms with Crippen LogP contribution in [0.2, 0.25) is 0 Å². The lowest BCUT2D eigenvalue weighted by molar-refractivity contribution is 0.548. The van der Waals surface area contributed by atoms with Gasteiger partial charge in [-0.05, 0) is 31.7 Å². The van der Waals surface area contributed by atoms with Crippen LogP contribution in [-0.4, -0.2) is 9.97 Å². The first-order chi connectivity index (χ1) is 5.77. The standard InChI is InChI=1S/C9H13N3/c1-6-11-5-7-3-2-4-8(10)9(7)12-6/h5,8H,2-4,10H2,1H3. The van der Waals surface area contributed by atoms with Gasteiger partial charge in [0.25, 0.3) is 0 Å². The van der Waals surface area contributed by atoms with Gasteiger partial charge in [-0.2, -0.15) is 0 Å². The van der Waals surface area contributed by atoms with E-state index in [-0.39, 0.29) is 6.04 Å². The third kappa shape index (κ3) is 1.20. The molecule has 0 aromatic carbocycles. The van der Waals surface area contributed by atoms with E-state index >= 15 is 0 Å². The molecule has 3 nitrogen and oxygen atoms in total. The minimum atomic E-state index is 0.135. The van der Waals surface area contributed by atoms with Gasteiger partial charge in [-0.15, -0.1) is 0 Å². The molecular formula is C9H13N3. The highest BCUT2D eigenvalue weighted by molar-refractivity contribution is 5.23. The van der Waals surface area contributed by atoms with Gasteiger partial charge in [0.15, 0.2) is 0 Å². The van der Waals surface area contributed by atoms with E-state index in [4.69, 9.17) is 5.73 Å². The largest absolute Gasteiger partial charge is 0.323 e. The van der Waals surface area contributed by atoms with E-state index in [1.807, 2.05) is 13.1 Å². The molecule has 0 saturated heterocycles. The van der Waals surface area contributed by atoms with Gasteiger partial charge in [-0.25, -0.2) is 9.97 Å². The van der Waals surface area contributed by atoms with Crippen LogP contribution >= 0.6 is 0 Å². The average Bonchev–Trinajstić information content (AvgIpc) is 2.07. The molecule has 0 bridgehead atoms. The molecule has 2 N–H and O–H groups in total. The monoisotopic (exact) mass is 163 g/mol. The minimum Gasteiger partial charge on any atom is -0.323 e. The van der Waals surface area contributed by atoms with Crippen LogP contribution in [0.25, 0.3) is 0 Å². The quantitative estimate of drug-likeness (QED) is 0.623. The van der Waals surface area contributed by atoms with E-state index in [9.17, 15) is 0 Å². The lowest BCUT2D eigenvalue weighted by Crippen LogP contribution is -2.19. The number of nitrogens with two attached hydrogens (primary N) is 1. The SMILES string of the molecule is Cc1ncc2c(n1)C(N)CCC2. The predicted octanol–water partition coefficient (Wildman–Crippen LogP) is 1.12. The van der Waals surface area contributed by atoms with Crippen LogP contribution in [-0.2, 0) is 6.42 Å². The van der Waals surface area contributed by atoms with Crippen molar-refractivity contribution in [3.63, 3.8) is 0 Å². The number of hydrogen-bond acceptors (Lipinski definition) is 3. The van der Waals surface area contributed by atoms with Crippen LogP contribution in [0.3, 0.4) is 0 Å². The summed E-state index contributed by atoms with van der Waals surface area (Å²) in [5, 5.41) is 0. The van der Waals surface area contributed by atoms with Crippen LogP contribution in [0.4, 0.5) is 0 Å². The van der Waals surface area contributed by atoms with Crippen molar-refractivity contribution >= 4 is 0 Å². The molecule has 1 atom stereocenters. The second kappa shape index (κ2) is 2.83. The van der Waals surface area contributed by atoms with E-state index in [0.717, 1.165) is 24.4 Å². The van der Waals surface area contributed by atoms with Crippen molar-refractivity contribution in [2.24, 2.45) is 5.73 Å². The molecule has 1 aromatic heterocycles. The smallest absolute Gasteiger partial charge is 0.125 e. The summed E-state index contributed by atoms with van der Waals surface area (Å²) in [4.78, 5) is 8.52. The fourth-order valence-corrected chi connectivity index (χ4v) is 1.68. The van der Waals surface area contributed by atoms with E-state index in [2.05, 4.69) is 9.97 Å². The predicted molar refractivity (Wildman–Crippen MR) is 46.6 cm³/mol. The van der Waals surface area contributed by atoms with Crippen molar-refractivity contribution in [2.45, 2.75) is 32.2 Å². The molecule has 0 amide bonds. The Hall–Kier alpha value is -0.960. The normalized spacial score (nSPS) is 22.0. The van der Waals surface area contributed by atoms with E-state index in [0.29, 0.717) is 0 Å². The summed E-state index contributed by atoms with van der Waals surface area (Å²) in [5.41, 5.74) is 8.22. The molecule has 1 heterocycles. The van der Waals surface area contributed by atoms with Crippen LogP contribution < -0.4 is 5.73 Å². The van der Waals surface area contributed by atoms with Crippen molar-refractivity contribution in [2.75, 3.05) is 0 Å². The molecule has 0 saturated carbocycles. The van der Waals surface area contributed by atoms with Gasteiger partial charge in [0.2, 0.25) is 0 Å². The van der Waals surface area contributed by atoms with Crippen molar-refractivity contribution in [3.8, 4) is 0 Å². The van der Waals surface area contributed by atoms with Crippen molar-refractivity contribution in [1.82, 2.24) is 9.97 Å². The molecule has 2 rings (SSSR count). The fourth-order valence-electron chi connectivity index (χ4n) is 1.68. The van der Waals surface area contributed by atoms with E-state index < -0.39 is 0 Å². The summed E-state index contributed by atoms with van der Waals surface area (Å²) in [7, 11) is 0. The molecule has 12 heavy (non-hydrogen) atoms. The Balaban J connectivity index is 2.47. The molecule has 3 heteroatoms. The first-order valence-electron chi connectivity index (χ1n) is 4.35. The second-order valence-corrected chi connectivity index (χ2v) is 3.33. The molecule has 1 aromatic rings. The number of nitrogens with zero attached hydrogens (tertiary/aromatic N) is 2. The first-order valence-corrected chi connectivity index (χ1v) is 4.35. The highest BCUT2D eigenvalue weighted by Gasteiger charge is 2.18. The summed E-state index contributed by atoms with van der Waals surface area (Å²) in [5.74, 6) is 0.825. The maximum absolute atomic E-state index is 5.92. The lowest BCUT2D eigenvalue weighted by atomic mass is 9.93. The Bertz CT molecular complexity index is 296. The summed E-state index contributed by atoms with van der Waals surface area (Å²) >= 11 is 0. The number of aryl methyl sites for hydroxylation is 2. The Morgan fingerprint density at radius 1 is 1.58 bits per heavy atom.